The summed E-state index contributed by atoms with van der Waals surface area (Å²) in [6.07, 6.45) is 6.01. The fourth-order valence-electron chi connectivity index (χ4n) is 3.23. The lowest BCUT2D eigenvalue weighted by Crippen LogP contribution is -2.31. The molecule has 3 aromatic rings. The van der Waals surface area contributed by atoms with E-state index in [4.69, 9.17) is 11.6 Å². The van der Waals surface area contributed by atoms with E-state index in [-0.39, 0.29) is 12.5 Å². The number of amides is 1. The van der Waals surface area contributed by atoms with Crippen LogP contribution in [0.15, 0.2) is 48.8 Å². The number of carbonyl (C=O) groups is 1. The van der Waals surface area contributed by atoms with E-state index in [0.717, 1.165) is 28.1 Å². The molecule has 1 saturated carbocycles. The van der Waals surface area contributed by atoms with Crippen LogP contribution in [-0.2, 0) is 0 Å². The number of aliphatic hydroxyl groups excluding tert-OH is 1. The molecule has 1 aliphatic rings. The zero-order chi connectivity index (χ0) is 20.4. The molecule has 1 aliphatic carbocycles. The second-order valence-corrected chi connectivity index (χ2v) is 7.81. The molecule has 1 atom stereocenters. The lowest BCUT2D eigenvalue weighted by molar-refractivity contribution is 0.0912. The zero-order valence-electron chi connectivity index (χ0n) is 16.1. The van der Waals surface area contributed by atoms with Crippen molar-refractivity contribution in [2.75, 3.05) is 11.9 Å². The molecule has 150 valence electrons. The summed E-state index contributed by atoms with van der Waals surface area (Å²) in [5.74, 6) is 0.555. The lowest BCUT2D eigenvalue weighted by atomic mass is 10.0. The number of nitrogens with one attached hydrogen (secondary N) is 3. The average molecular weight is 411 g/mol. The molecule has 29 heavy (non-hydrogen) atoms. The van der Waals surface area contributed by atoms with E-state index in [9.17, 15) is 9.90 Å². The van der Waals surface area contributed by atoms with Gasteiger partial charge in [0.25, 0.3) is 5.91 Å². The largest absolute Gasteiger partial charge is 0.394 e. The summed E-state index contributed by atoms with van der Waals surface area (Å²) in [5, 5.41) is 16.5. The van der Waals surface area contributed by atoms with Gasteiger partial charge in [-0.2, -0.15) is 0 Å². The molecule has 7 heteroatoms. The van der Waals surface area contributed by atoms with Crippen molar-refractivity contribution in [2.45, 2.75) is 31.8 Å². The second kappa shape index (κ2) is 8.27. The first kappa shape index (κ1) is 19.5. The zero-order valence-corrected chi connectivity index (χ0v) is 16.8. The van der Waals surface area contributed by atoms with Gasteiger partial charge in [-0.1, -0.05) is 23.7 Å². The van der Waals surface area contributed by atoms with Gasteiger partial charge in [0.05, 0.1) is 12.6 Å². The van der Waals surface area contributed by atoms with Crippen molar-refractivity contribution >= 4 is 23.3 Å². The first-order valence-corrected chi connectivity index (χ1v) is 10.0. The van der Waals surface area contributed by atoms with Gasteiger partial charge >= 0.3 is 0 Å². The average Bonchev–Trinajstić information content (AvgIpc) is 3.39. The van der Waals surface area contributed by atoms with E-state index >= 15 is 0 Å². The lowest BCUT2D eigenvalue weighted by Gasteiger charge is -2.16. The summed E-state index contributed by atoms with van der Waals surface area (Å²) < 4.78 is 0. The Hall–Kier alpha value is -2.83. The first-order valence-electron chi connectivity index (χ1n) is 9.62. The summed E-state index contributed by atoms with van der Waals surface area (Å²) in [4.78, 5) is 20.2. The van der Waals surface area contributed by atoms with E-state index in [2.05, 4.69) is 20.6 Å². The van der Waals surface area contributed by atoms with Crippen molar-refractivity contribution in [2.24, 2.45) is 0 Å². The smallest absolute Gasteiger partial charge is 0.268 e. The number of aryl methyl sites for hydroxylation is 1. The van der Waals surface area contributed by atoms with Gasteiger partial charge in [-0.05, 0) is 60.7 Å². The van der Waals surface area contributed by atoms with Crippen molar-refractivity contribution in [3.63, 3.8) is 0 Å². The van der Waals surface area contributed by atoms with Crippen LogP contribution >= 0.6 is 11.6 Å². The number of anilines is 1. The molecule has 0 aliphatic heterocycles. The predicted octanol–water partition coefficient (Wildman–Crippen LogP) is 4.08. The highest BCUT2D eigenvalue weighted by molar-refractivity contribution is 6.30. The maximum atomic E-state index is 12.7. The van der Waals surface area contributed by atoms with Crippen molar-refractivity contribution in [1.29, 1.82) is 0 Å². The molecule has 0 saturated heterocycles. The van der Waals surface area contributed by atoms with Gasteiger partial charge in [-0.15, -0.1) is 0 Å². The van der Waals surface area contributed by atoms with Gasteiger partial charge in [0.15, 0.2) is 0 Å². The molecule has 0 unspecified atom stereocenters. The van der Waals surface area contributed by atoms with Crippen LogP contribution in [0.4, 0.5) is 5.82 Å². The minimum atomic E-state index is -0.537. The number of hydrogen-bond acceptors (Lipinski definition) is 4. The Morgan fingerprint density at radius 3 is 2.90 bits per heavy atom. The van der Waals surface area contributed by atoms with E-state index in [1.807, 2.05) is 37.5 Å². The Kier molecular flexibility index (Phi) is 5.56. The number of aromatic nitrogens is 2. The number of halogens is 1. The number of H-pyrrole nitrogens is 1. The SMILES string of the molecule is Cc1cnc(NC2CC2)cc1-c1c[nH]c(C(=O)N[C@H](CO)c2cccc(Cl)c2)c1. The highest BCUT2D eigenvalue weighted by Crippen LogP contribution is 2.29. The molecule has 0 bridgehead atoms. The number of aliphatic hydroxyl groups is 1. The van der Waals surface area contributed by atoms with E-state index in [1.54, 1.807) is 18.2 Å². The van der Waals surface area contributed by atoms with Gasteiger partial charge in [0, 0.05) is 29.0 Å². The summed E-state index contributed by atoms with van der Waals surface area (Å²) in [6, 6.07) is 10.9. The van der Waals surface area contributed by atoms with Crippen molar-refractivity contribution < 1.29 is 9.90 Å². The monoisotopic (exact) mass is 410 g/mol. The molecular weight excluding hydrogens is 388 g/mol. The van der Waals surface area contributed by atoms with Crippen LogP contribution in [0.2, 0.25) is 5.02 Å². The second-order valence-electron chi connectivity index (χ2n) is 7.37. The Labute approximate surface area is 174 Å². The van der Waals surface area contributed by atoms with E-state index in [1.165, 1.54) is 12.8 Å². The number of hydrogen-bond donors (Lipinski definition) is 4. The number of nitrogens with zero attached hydrogens (tertiary/aromatic N) is 1. The molecule has 0 radical (unpaired) electrons. The molecule has 6 nitrogen and oxygen atoms in total. The van der Waals surface area contributed by atoms with Gasteiger partial charge in [-0.3, -0.25) is 4.79 Å². The molecule has 1 amide bonds. The maximum absolute atomic E-state index is 12.7. The topological polar surface area (TPSA) is 90.0 Å². The third kappa shape index (κ3) is 4.60. The molecule has 2 heterocycles. The van der Waals surface area contributed by atoms with Gasteiger partial charge in [0.1, 0.15) is 11.5 Å². The van der Waals surface area contributed by atoms with Crippen molar-refractivity contribution in [3.05, 3.63) is 70.6 Å². The highest BCUT2D eigenvalue weighted by Gasteiger charge is 2.22. The molecule has 4 rings (SSSR count). The van der Waals surface area contributed by atoms with E-state index < -0.39 is 6.04 Å². The van der Waals surface area contributed by atoms with Crippen LogP contribution < -0.4 is 10.6 Å². The van der Waals surface area contributed by atoms with Crippen LogP contribution in [-0.4, -0.2) is 33.6 Å². The quantitative estimate of drug-likeness (QED) is 0.472. The van der Waals surface area contributed by atoms with Gasteiger partial charge < -0.3 is 20.7 Å². The number of aromatic amines is 1. The van der Waals surface area contributed by atoms with E-state index in [0.29, 0.717) is 16.8 Å². The van der Waals surface area contributed by atoms with Gasteiger partial charge in [-0.25, -0.2) is 4.98 Å². The number of benzene rings is 1. The Morgan fingerprint density at radius 1 is 1.34 bits per heavy atom. The first-order chi connectivity index (χ1) is 14.0. The normalized spacial score (nSPS) is 14.4. The third-order valence-electron chi connectivity index (χ3n) is 5.01. The minimum absolute atomic E-state index is 0.223. The molecule has 4 N–H and O–H groups in total. The number of pyridine rings is 1. The van der Waals surface area contributed by atoms with Crippen molar-refractivity contribution in [1.82, 2.24) is 15.3 Å². The highest BCUT2D eigenvalue weighted by atomic mass is 35.5. The summed E-state index contributed by atoms with van der Waals surface area (Å²) >= 11 is 6.02. The summed E-state index contributed by atoms with van der Waals surface area (Å²) in [7, 11) is 0. The predicted molar refractivity (Wildman–Crippen MR) is 114 cm³/mol. The van der Waals surface area contributed by atoms with Crippen LogP contribution in [0.25, 0.3) is 11.1 Å². The molecule has 2 aromatic heterocycles. The van der Waals surface area contributed by atoms with Crippen LogP contribution in [0.1, 0.15) is 40.5 Å². The van der Waals surface area contributed by atoms with Crippen LogP contribution in [0, 0.1) is 6.92 Å². The summed E-state index contributed by atoms with van der Waals surface area (Å²) in [5.41, 5.74) is 4.14. The fraction of sp³-hybridized carbons (Fsp3) is 0.273. The Morgan fingerprint density at radius 2 is 2.17 bits per heavy atom. The third-order valence-corrected chi connectivity index (χ3v) is 5.25. The number of rotatable bonds is 7. The Balaban J connectivity index is 1.51. The molecule has 0 spiro atoms. The minimum Gasteiger partial charge on any atom is -0.394 e. The van der Waals surface area contributed by atoms with Crippen LogP contribution in [0.3, 0.4) is 0 Å². The fourth-order valence-corrected chi connectivity index (χ4v) is 3.42. The van der Waals surface area contributed by atoms with Crippen LogP contribution in [0.5, 0.6) is 0 Å². The maximum Gasteiger partial charge on any atom is 0.268 e. The summed E-state index contributed by atoms with van der Waals surface area (Å²) in [6.45, 7) is 1.77. The van der Waals surface area contributed by atoms with Gasteiger partial charge in [0.2, 0.25) is 0 Å². The Bertz CT molecular complexity index is 1030. The van der Waals surface area contributed by atoms with Crippen molar-refractivity contribution in [3.8, 4) is 11.1 Å². The standard InChI is InChI=1S/C22H23ClN4O2/c1-13-10-25-21(26-17-5-6-17)9-18(13)15-8-19(24-11-15)22(29)27-20(12-28)14-3-2-4-16(23)7-14/h2-4,7-11,17,20,24,28H,5-6,12H2,1H3,(H,25,26)(H,27,29)/t20-/m1/s1. The molecule has 1 fully saturated rings. The number of carbonyl (C=O) groups excluding carboxylic acids is 1. The molecule has 1 aromatic carbocycles. The molecular formula is C22H23ClN4O2.